The molecule has 1 rings (SSSR count). The topological polar surface area (TPSA) is 127 Å². The van der Waals surface area contributed by atoms with Gasteiger partial charge in [0, 0.05) is 18.8 Å². The molecule has 0 aliphatic rings. The van der Waals surface area contributed by atoms with Crippen LogP contribution in [0.15, 0.2) is 6.20 Å². The summed E-state index contributed by atoms with van der Waals surface area (Å²) in [5, 5.41) is 22.4. The van der Waals surface area contributed by atoms with E-state index in [1.807, 2.05) is 0 Å². The van der Waals surface area contributed by atoms with E-state index in [4.69, 9.17) is 16.6 Å². The molecule has 0 bridgehead atoms. The average molecular weight is 200 g/mol. The van der Waals surface area contributed by atoms with E-state index < -0.39 is 18.1 Å². The fourth-order valence-corrected chi connectivity index (χ4v) is 1.08. The van der Waals surface area contributed by atoms with E-state index in [0.717, 1.165) is 0 Å². The Labute approximate surface area is 79.9 Å². The maximum absolute atomic E-state index is 10.6. The van der Waals surface area contributed by atoms with Crippen LogP contribution in [0.25, 0.3) is 0 Å². The quantitative estimate of drug-likeness (QED) is 0.443. The summed E-state index contributed by atoms with van der Waals surface area (Å²) in [6, 6.07) is 0. The fraction of sp³-hybridized carbons (Fsp3) is 0.429. The van der Waals surface area contributed by atoms with Crippen LogP contribution in [0.5, 0.6) is 0 Å². The van der Waals surface area contributed by atoms with Gasteiger partial charge in [-0.2, -0.15) is 5.10 Å². The molecule has 1 heterocycles. The van der Waals surface area contributed by atoms with Gasteiger partial charge in [0.15, 0.2) is 11.9 Å². The lowest BCUT2D eigenvalue weighted by Crippen LogP contribution is -2.34. The lowest BCUT2D eigenvalue weighted by molar-refractivity contribution is -0.131. The van der Waals surface area contributed by atoms with Gasteiger partial charge in [-0.05, 0) is 0 Å². The predicted molar refractivity (Wildman–Crippen MR) is 47.8 cm³/mol. The number of primary amides is 1. The van der Waals surface area contributed by atoms with E-state index in [2.05, 4.69) is 5.10 Å². The molecule has 1 amide bonds. The number of hydrogen-bond acceptors (Lipinski definition) is 5. The number of amides is 1. The van der Waals surface area contributed by atoms with Crippen LogP contribution in [0.3, 0.4) is 0 Å². The molecule has 6 N–H and O–H groups in total. The van der Waals surface area contributed by atoms with E-state index in [1.165, 1.54) is 10.9 Å². The van der Waals surface area contributed by atoms with Gasteiger partial charge >= 0.3 is 0 Å². The summed E-state index contributed by atoms with van der Waals surface area (Å²) in [5.41, 5.74) is 10.4. The van der Waals surface area contributed by atoms with Gasteiger partial charge in [-0.3, -0.25) is 9.48 Å². The van der Waals surface area contributed by atoms with Gasteiger partial charge < -0.3 is 21.7 Å². The Balaban J connectivity index is 2.94. The number of rotatable bonds is 3. The number of aromatic nitrogens is 2. The highest BCUT2D eigenvalue weighted by molar-refractivity contribution is 5.79. The number of hydrogen-bond donors (Lipinski definition) is 4. The van der Waals surface area contributed by atoms with Crippen molar-refractivity contribution < 1.29 is 15.0 Å². The lowest BCUT2D eigenvalue weighted by atomic mass is 10.1. The van der Waals surface area contributed by atoms with Crippen LogP contribution in [-0.4, -0.2) is 32.0 Å². The van der Waals surface area contributed by atoms with Crippen LogP contribution >= 0.6 is 0 Å². The summed E-state index contributed by atoms with van der Waals surface area (Å²) in [7, 11) is 1.60. The highest BCUT2D eigenvalue weighted by atomic mass is 16.3. The second-order valence-electron chi connectivity index (χ2n) is 2.94. The number of aryl methyl sites for hydroxylation is 1. The zero-order valence-electron chi connectivity index (χ0n) is 7.58. The number of nitrogens with zero attached hydrogens (tertiary/aromatic N) is 2. The molecule has 7 heteroatoms. The third-order valence-corrected chi connectivity index (χ3v) is 1.80. The largest absolute Gasteiger partial charge is 0.385 e. The molecule has 7 nitrogen and oxygen atoms in total. The number of carbonyl (C=O) groups excluding carboxylic acids is 1. The van der Waals surface area contributed by atoms with Crippen molar-refractivity contribution in [1.82, 2.24) is 9.78 Å². The second-order valence-corrected chi connectivity index (χ2v) is 2.94. The minimum atomic E-state index is -1.68. The van der Waals surface area contributed by atoms with Crippen LogP contribution < -0.4 is 11.5 Å². The first-order valence-corrected chi connectivity index (χ1v) is 3.88. The van der Waals surface area contributed by atoms with Crippen molar-refractivity contribution in [1.29, 1.82) is 0 Å². The zero-order chi connectivity index (χ0) is 10.9. The minimum Gasteiger partial charge on any atom is -0.385 e. The van der Waals surface area contributed by atoms with Crippen LogP contribution in [0.2, 0.25) is 0 Å². The number of nitrogen functional groups attached to an aromatic ring is 1. The Morgan fingerprint density at radius 1 is 1.64 bits per heavy atom. The van der Waals surface area contributed by atoms with Crippen LogP contribution in [0.4, 0.5) is 5.82 Å². The summed E-state index contributed by atoms with van der Waals surface area (Å²) < 4.78 is 1.36. The van der Waals surface area contributed by atoms with Crippen LogP contribution in [0, 0.1) is 0 Å². The molecule has 0 spiro atoms. The predicted octanol–water partition coefficient (Wildman–Crippen LogP) is -2.12. The summed E-state index contributed by atoms with van der Waals surface area (Å²) in [6.45, 7) is 0. The third-order valence-electron chi connectivity index (χ3n) is 1.80. The minimum absolute atomic E-state index is 0.0558. The lowest BCUT2D eigenvalue weighted by Gasteiger charge is -2.13. The number of aliphatic hydroxyl groups is 2. The fourth-order valence-electron chi connectivity index (χ4n) is 1.08. The molecule has 0 saturated heterocycles. The number of nitrogens with two attached hydrogens (primary N) is 2. The SMILES string of the molecule is Cn1cc(C(O)C(O)C(N)=O)c(N)n1. The maximum Gasteiger partial charge on any atom is 0.249 e. The average Bonchev–Trinajstić information content (AvgIpc) is 2.42. The molecule has 14 heavy (non-hydrogen) atoms. The summed E-state index contributed by atoms with van der Waals surface area (Å²) in [4.78, 5) is 10.6. The highest BCUT2D eigenvalue weighted by Gasteiger charge is 2.26. The van der Waals surface area contributed by atoms with Gasteiger partial charge in [0.1, 0.15) is 6.10 Å². The molecule has 0 radical (unpaired) electrons. The monoisotopic (exact) mass is 200 g/mol. The molecule has 0 aromatic carbocycles. The zero-order valence-corrected chi connectivity index (χ0v) is 7.58. The van der Waals surface area contributed by atoms with E-state index in [1.54, 1.807) is 7.05 Å². The highest BCUT2D eigenvalue weighted by Crippen LogP contribution is 2.21. The van der Waals surface area contributed by atoms with Gasteiger partial charge in [0.25, 0.3) is 0 Å². The van der Waals surface area contributed by atoms with E-state index in [0.29, 0.717) is 0 Å². The molecule has 78 valence electrons. The molecule has 0 saturated carbocycles. The molecule has 1 aromatic heterocycles. The van der Waals surface area contributed by atoms with Crippen LogP contribution in [0.1, 0.15) is 11.7 Å². The van der Waals surface area contributed by atoms with E-state index in [-0.39, 0.29) is 11.4 Å². The van der Waals surface area contributed by atoms with Crippen molar-refractivity contribution in [2.45, 2.75) is 12.2 Å². The first-order valence-electron chi connectivity index (χ1n) is 3.88. The van der Waals surface area contributed by atoms with Crippen LogP contribution in [-0.2, 0) is 11.8 Å². The summed E-state index contributed by atoms with van der Waals surface area (Å²) in [5.74, 6) is -0.957. The van der Waals surface area contributed by atoms with Gasteiger partial charge in [0.2, 0.25) is 5.91 Å². The van der Waals surface area contributed by atoms with Crippen molar-refractivity contribution >= 4 is 11.7 Å². The molecule has 2 unspecified atom stereocenters. The Kier molecular flexibility index (Phi) is 2.73. The molecule has 0 fully saturated rings. The molecular weight excluding hydrogens is 188 g/mol. The van der Waals surface area contributed by atoms with Crippen molar-refractivity contribution in [3.05, 3.63) is 11.8 Å². The van der Waals surface area contributed by atoms with Crippen molar-refractivity contribution in [2.24, 2.45) is 12.8 Å². The van der Waals surface area contributed by atoms with Gasteiger partial charge in [-0.1, -0.05) is 0 Å². The molecular formula is C7H12N4O3. The first-order chi connectivity index (χ1) is 6.43. The van der Waals surface area contributed by atoms with Gasteiger partial charge in [0.05, 0.1) is 0 Å². The Morgan fingerprint density at radius 2 is 2.21 bits per heavy atom. The van der Waals surface area contributed by atoms with E-state index >= 15 is 0 Å². The molecule has 2 atom stereocenters. The van der Waals surface area contributed by atoms with Crippen molar-refractivity contribution in [2.75, 3.05) is 5.73 Å². The molecule has 0 aliphatic carbocycles. The van der Waals surface area contributed by atoms with Gasteiger partial charge in [-0.25, -0.2) is 0 Å². The number of carbonyl (C=O) groups is 1. The normalized spacial score (nSPS) is 15.1. The number of aliphatic hydroxyl groups excluding tert-OH is 2. The maximum atomic E-state index is 10.6. The summed E-state index contributed by atoms with van der Waals surface area (Å²) >= 11 is 0. The molecule has 1 aromatic rings. The second kappa shape index (κ2) is 3.64. The van der Waals surface area contributed by atoms with Crippen molar-refractivity contribution in [3.8, 4) is 0 Å². The standard InChI is InChI=1S/C7H12N4O3/c1-11-2-3(6(8)10-11)4(12)5(13)7(9)14/h2,4-5,12-13H,1H3,(H2,8,10)(H2,9,14). The smallest absolute Gasteiger partial charge is 0.249 e. The molecule has 0 aliphatic heterocycles. The van der Waals surface area contributed by atoms with E-state index in [9.17, 15) is 9.90 Å². The summed E-state index contributed by atoms with van der Waals surface area (Å²) in [6.07, 6.45) is -1.71. The Hall–Kier alpha value is -1.60. The van der Waals surface area contributed by atoms with Gasteiger partial charge in [-0.15, -0.1) is 0 Å². The Bertz CT molecular complexity index is 349. The first kappa shape index (κ1) is 10.5. The number of anilines is 1. The van der Waals surface area contributed by atoms with Crippen molar-refractivity contribution in [3.63, 3.8) is 0 Å². The Morgan fingerprint density at radius 3 is 2.57 bits per heavy atom. The third kappa shape index (κ3) is 1.83.